The molecule has 2 aliphatic heterocycles. The third-order valence-corrected chi connectivity index (χ3v) is 7.10. The zero-order chi connectivity index (χ0) is 28.2. The van der Waals surface area contributed by atoms with Gasteiger partial charge in [0.25, 0.3) is 0 Å². The second kappa shape index (κ2) is 11.9. The standard InChI is InChI=1S/C26H25F3N2O7S/c1-35-24(33)19-15-30(25(34)36-2)9-10-31(19)23(32)8-4-16-3-7-22(18(13-16)26(27,28)29)39-17-5-6-20-21(14-17)38-12-11-37-20/h3-8,13-14,19H,9-12,15H2,1-2H3. The molecule has 0 bridgehead atoms. The van der Waals surface area contributed by atoms with Crippen molar-refractivity contribution in [3.8, 4) is 11.5 Å². The van der Waals surface area contributed by atoms with Crippen molar-refractivity contribution in [3.05, 3.63) is 53.6 Å². The average molecular weight is 567 g/mol. The van der Waals surface area contributed by atoms with Crippen LogP contribution in [-0.2, 0) is 25.2 Å². The van der Waals surface area contributed by atoms with Crippen LogP contribution in [0.25, 0.3) is 6.08 Å². The third-order valence-electron chi connectivity index (χ3n) is 6.04. The summed E-state index contributed by atoms with van der Waals surface area (Å²) < 4.78 is 62.3. The molecule has 0 N–H and O–H groups in total. The van der Waals surface area contributed by atoms with Gasteiger partial charge in [0.1, 0.15) is 19.3 Å². The minimum Gasteiger partial charge on any atom is -0.486 e. The number of carbonyl (C=O) groups is 3. The van der Waals surface area contributed by atoms with Crippen LogP contribution in [0.4, 0.5) is 18.0 Å². The van der Waals surface area contributed by atoms with E-state index >= 15 is 0 Å². The molecule has 208 valence electrons. The molecule has 1 fully saturated rings. The highest BCUT2D eigenvalue weighted by Crippen LogP contribution is 2.42. The van der Waals surface area contributed by atoms with Crippen LogP contribution in [0.3, 0.4) is 0 Å². The monoisotopic (exact) mass is 566 g/mol. The van der Waals surface area contributed by atoms with Gasteiger partial charge in [-0.15, -0.1) is 0 Å². The summed E-state index contributed by atoms with van der Waals surface area (Å²) in [5, 5.41) is 0. The number of fused-ring (bicyclic) bond motifs is 1. The second-order valence-electron chi connectivity index (χ2n) is 8.48. The fourth-order valence-corrected chi connectivity index (χ4v) is 5.10. The lowest BCUT2D eigenvalue weighted by molar-refractivity contribution is -0.154. The molecule has 2 aromatic carbocycles. The Balaban J connectivity index is 1.53. The van der Waals surface area contributed by atoms with Gasteiger partial charge in [0.15, 0.2) is 11.5 Å². The molecule has 9 nitrogen and oxygen atoms in total. The first-order valence-electron chi connectivity index (χ1n) is 11.8. The van der Waals surface area contributed by atoms with Gasteiger partial charge in [-0.2, -0.15) is 13.2 Å². The number of ether oxygens (including phenoxy) is 4. The van der Waals surface area contributed by atoms with Gasteiger partial charge < -0.3 is 28.7 Å². The molecule has 4 rings (SSSR count). The van der Waals surface area contributed by atoms with Gasteiger partial charge in [0.05, 0.1) is 26.3 Å². The quantitative estimate of drug-likeness (QED) is 0.395. The highest BCUT2D eigenvalue weighted by atomic mass is 32.2. The summed E-state index contributed by atoms with van der Waals surface area (Å²) in [7, 11) is 2.35. The molecule has 1 atom stereocenters. The van der Waals surface area contributed by atoms with E-state index in [2.05, 4.69) is 4.74 Å². The number of halogens is 3. The second-order valence-corrected chi connectivity index (χ2v) is 9.60. The van der Waals surface area contributed by atoms with Gasteiger partial charge in [0.2, 0.25) is 5.91 Å². The molecule has 2 aliphatic rings. The zero-order valence-corrected chi connectivity index (χ0v) is 21.8. The zero-order valence-electron chi connectivity index (χ0n) is 21.0. The molecule has 2 heterocycles. The van der Waals surface area contributed by atoms with E-state index in [1.807, 2.05) is 0 Å². The molecular weight excluding hydrogens is 541 g/mol. The molecule has 0 radical (unpaired) electrons. The predicted octanol–water partition coefficient (Wildman–Crippen LogP) is 4.09. The lowest BCUT2D eigenvalue weighted by Crippen LogP contribution is -2.59. The lowest BCUT2D eigenvalue weighted by atomic mass is 10.1. The molecule has 39 heavy (non-hydrogen) atoms. The van der Waals surface area contributed by atoms with Gasteiger partial charge in [-0.3, -0.25) is 4.79 Å². The van der Waals surface area contributed by atoms with E-state index in [0.29, 0.717) is 29.6 Å². The molecule has 1 unspecified atom stereocenters. The largest absolute Gasteiger partial charge is 0.486 e. The van der Waals surface area contributed by atoms with Gasteiger partial charge >= 0.3 is 18.2 Å². The number of hydrogen-bond acceptors (Lipinski definition) is 8. The number of rotatable bonds is 5. The summed E-state index contributed by atoms with van der Waals surface area (Å²) in [6, 6.07) is 7.60. The number of amides is 2. The summed E-state index contributed by atoms with van der Waals surface area (Å²) in [6.45, 7) is 0.752. The minimum atomic E-state index is -4.65. The van der Waals surface area contributed by atoms with Crippen LogP contribution in [0.15, 0.2) is 52.3 Å². The van der Waals surface area contributed by atoms with Crippen molar-refractivity contribution in [1.29, 1.82) is 0 Å². The summed E-state index contributed by atoms with van der Waals surface area (Å²) in [5.41, 5.74) is -0.721. The Hall–Kier alpha value is -3.87. The fraction of sp³-hybridized carbons (Fsp3) is 0.346. The normalized spacial score (nSPS) is 17.2. The highest BCUT2D eigenvalue weighted by molar-refractivity contribution is 7.99. The van der Waals surface area contributed by atoms with E-state index in [1.165, 1.54) is 35.1 Å². The molecule has 0 aliphatic carbocycles. The Kier molecular flexibility index (Phi) is 8.58. The number of hydrogen-bond donors (Lipinski definition) is 0. The van der Waals surface area contributed by atoms with E-state index < -0.39 is 35.8 Å². The molecule has 0 saturated carbocycles. The topological polar surface area (TPSA) is 94.6 Å². The Bertz CT molecular complexity index is 1280. The van der Waals surface area contributed by atoms with Crippen molar-refractivity contribution in [2.75, 3.05) is 47.1 Å². The number of esters is 1. The van der Waals surface area contributed by atoms with Gasteiger partial charge in [-0.1, -0.05) is 17.8 Å². The van der Waals surface area contributed by atoms with Crippen molar-refractivity contribution in [2.45, 2.75) is 22.0 Å². The number of benzene rings is 2. The maximum absolute atomic E-state index is 14.0. The third kappa shape index (κ3) is 6.59. The molecule has 1 saturated heterocycles. The van der Waals surface area contributed by atoms with E-state index in [1.54, 1.807) is 18.2 Å². The minimum absolute atomic E-state index is 0.0109. The summed E-state index contributed by atoms with van der Waals surface area (Å²) >= 11 is 0.931. The van der Waals surface area contributed by atoms with E-state index in [-0.39, 0.29) is 30.1 Å². The molecule has 2 amide bonds. The smallest absolute Gasteiger partial charge is 0.417 e. The van der Waals surface area contributed by atoms with Gasteiger partial charge in [0, 0.05) is 29.0 Å². The number of carbonyl (C=O) groups excluding carboxylic acids is 3. The SMILES string of the molecule is COC(=O)C1CN(C(=O)OC)CCN1C(=O)C=Cc1ccc(Sc2ccc3c(c2)OCCO3)c(C(F)(F)F)c1. The van der Waals surface area contributed by atoms with Crippen molar-refractivity contribution in [2.24, 2.45) is 0 Å². The maximum Gasteiger partial charge on any atom is 0.417 e. The predicted molar refractivity (Wildman–Crippen MR) is 134 cm³/mol. The summed E-state index contributed by atoms with van der Waals surface area (Å²) in [6.07, 6.45) is -2.96. The van der Waals surface area contributed by atoms with Crippen LogP contribution in [0.2, 0.25) is 0 Å². The van der Waals surface area contributed by atoms with Crippen LogP contribution in [0.5, 0.6) is 11.5 Å². The van der Waals surface area contributed by atoms with E-state index in [9.17, 15) is 27.6 Å². The van der Waals surface area contributed by atoms with Crippen LogP contribution in [0.1, 0.15) is 11.1 Å². The first kappa shape index (κ1) is 28.1. The first-order valence-corrected chi connectivity index (χ1v) is 12.6. The Morgan fingerprint density at radius 3 is 2.44 bits per heavy atom. The number of alkyl halides is 3. The number of nitrogens with zero attached hydrogens (tertiary/aromatic N) is 2. The van der Waals surface area contributed by atoms with Crippen LogP contribution in [-0.4, -0.2) is 80.9 Å². The fourth-order valence-electron chi connectivity index (χ4n) is 4.12. The summed E-state index contributed by atoms with van der Waals surface area (Å²) in [5.74, 6) is -0.341. The van der Waals surface area contributed by atoms with Crippen molar-refractivity contribution < 1.29 is 46.5 Å². The molecular formula is C26H25F3N2O7S. The first-order chi connectivity index (χ1) is 18.6. The van der Waals surface area contributed by atoms with Gasteiger partial charge in [-0.25, -0.2) is 9.59 Å². The maximum atomic E-state index is 14.0. The van der Waals surface area contributed by atoms with Crippen molar-refractivity contribution in [1.82, 2.24) is 9.80 Å². The van der Waals surface area contributed by atoms with E-state index in [0.717, 1.165) is 31.0 Å². The Morgan fingerprint density at radius 2 is 1.74 bits per heavy atom. The van der Waals surface area contributed by atoms with Gasteiger partial charge in [-0.05, 0) is 42.0 Å². The summed E-state index contributed by atoms with van der Waals surface area (Å²) in [4.78, 5) is 40.0. The van der Waals surface area contributed by atoms with Crippen LogP contribution in [0, 0.1) is 0 Å². The Morgan fingerprint density at radius 1 is 1.00 bits per heavy atom. The van der Waals surface area contributed by atoms with Crippen LogP contribution >= 0.6 is 11.8 Å². The van der Waals surface area contributed by atoms with Crippen molar-refractivity contribution in [3.63, 3.8) is 0 Å². The number of methoxy groups -OCH3 is 2. The molecule has 0 aromatic heterocycles. The highest BCUT2D eigenvalue weighted by Gasteiger charge is 2.37. The average Bonchev–Trinajstić information content (AvgIpc) is 2.94. The Labute approximate surface area is 226 Å². The van der Waals surface area contributed by atoms with Crippen LogP contribution < -0.4 is 9.47 Å². The molecule has 2 aromatic rings. The molecule has 13 heteroatoms. The number of piperazine rings is 1. The van der Waals surface area contributed by atoms with Crippen molar-refractivity contribution >= 4 is 35.8 Å². The lowest BCUT2D eigenvalue weighted by Gasteiger charge is -2.38. The van der Waals surface area contributed by atoms with E-state index in [4.69, 9.17) is 14.2 Å². The molecule has 0 spiro atoms.